The molecule has 0 aliphatic heterocycles. The first kappa shape index (κ1) is 16.5. The van der Waals surface area contributed by atoms with E-state index < -0.39 is 0 Å². The molecule has 112 valence electrons. The smallest absolute Gasteiger partial charge is 0.0417 e. The van der Waals surface area contributed by atoms with Crippen molar-refractivity contribution in [1.29, 1.82) is 0 Å². The normalized spacial score (nSPS) is 13.2. The van der Waals surface area contributed by atoms with Gasteiger partial charge in [0.15, 0.2) is 0 Å². The Bertz CT molecular complexity index is 614. The van der Waals surface area contributed by atoms with E-state index >= 15 is 0 Å². The Morgan fingerprint density at radius 3 is 2.24 bits per heavy atom. The highest BCUT2D eigenvalue weighted by Gasteiger charge is 2.14. The average Bonchev–Trinajstić information content (AvgIpc) is 2.38. The topological polar surface area (TPSA) is 26.0 Å². The van der Waals surface area contributed by atoms with Gasteiger partial charge in [0.2, 0.25) is 0 Å². The van der Waals surface area contributed by atoms with E-state index in [-0.39, 0.29) is 11.5 Å². The molecule has 0 saturated heterocycles. The maximum absolute atomic E-state index is 6.33. The molecule has 1 unspecified atom stereocenters. The molecule has 2 aromatic carbocycles. The molecule has 0 aromatic heterocycles. The van der Waals surface area contributed by atoms with Crippen LogP contribution in [0.2, 0.25) is 5.02 Å². The van der Waals surface area contributed by atoms with Gasteiger partial charge in [-0.2, -0.15) is 0 Å². The summed E-state index contributed by atoms with van der Waals surface area (Å²) in [6.07, 6.45) is 0.810. The first-order valence-electron chi connectivity index (χ1n) is 7.07. The van der Waals surface area contributed by atoms with Gasteiger partial charge in [0.05, 0.1) is 0 Å². The van der Waals surface area contributed by atoms with Gasteiger partial charge in [-0.15, -0.1) is 0 Å². The van der Waals surface area contributed by atoms with Crippen LogP contribution in [0.1, 0.15) is 43.5 Å². The van der Waals surface area contributed by atoms with Crippen LogP contribution in [0.25, 0.3) is 0 Å². The van der Waals surface area contributed by atoms with Crippen LogP contribution in [0.5, 0.6) is 0 Å². The SMILES string of the molecule is CC(C)(C)c1ccc(CC(N)c2ccc(Cl)cc2Br)cc1. The van der Waals surface area contributed by atoms with Gasteiger partial charge in [0.25, 0.3) is 0 Å². The van der Waals surface area contributed by atoms with Crippen LogP contribution >= 0.6 is 27.5 Å². The van der Waals surface area contributed by atoms with E-state index in [0.29, 0.717) is 5.02 Å². The molecule has 21 heavy (non-hydrogen) atoms. The molecular formula is C18H21BrClN. The zero-order valence-corrected chi connectivity index (χ0v) is 15.0. The Morgan fingerprint density at radius 2 is 1.71 bits per heavy atom. The summed E-state index contributed by atoms with van der Waals surface area (Å²) >= 11 is 9.51. The fourth-order valence-electron chi connectivity index (χ4n) is 2.31. The second-order valence-corrected chi connectivity index (χ2v) is 7.71. The lowest BCUT2D eigenvalue weighted by Crippen LogP contribution is -2.15. The Kier molecular flexibility index (Phi) is 5.13. The molecule has 0 heterocycles. The fraction of sp³-hybridized carbons (Fsp3) is 0.333. The van der Waals surface area contributed by atoms with Crippen molar-refractivity contribution < 1.29 is 0 Å². The molecular weight excluding hydrogens is 346 g/mol. The van der Waals surface area contributed by atoms with Crippen molar-refractivity contribution in [3.05, 3.63) is 68.7 Å². The first-order chi connectivity index (χ1) is 9.77. The monoisotopic (exact) mass is 365 g/mol. The minimum Gasteiger partial charge on any atom is -0.324 e. The van der Waals surface area contributed by atoms with Crippen molar-refractivity contribution in [2.24, 2.45) is 5.73 Å². The van der Waals surface area contributed by atoms with E-state index in [1.54, 1.807) is 0 Å². The van der Waals surface area contributed by atoms with Crippen LogP contribution in [-0.4, -0.2) is 0 Å². The number of halogens is 2. The molecule has 2 N–H and O–H groups in total. The highest BCUT2D eigenvalue weighted by atomic mass is 79.9. The highest BCUT2D eigenvalue weighted by Crippen LogP contribution is 2.28. The minimum absolute atomic E-state index is 0.0443. The summed E-state index contributed by atoms with van der Waals surface area (Å²) in [5, 5.41) is 0.715. The summed E-state index contributed by atoms with van der Waals surface area (Å²) in [6, 6.07) is 14.4. The zero-order chi connectivity index (χ0) is 15.6. The predicted octanol–water partition coefficient (Wildman–Crippen LogP) is 5.64. The van der Waals surface area contributed by atoms with Gasteiger partial charge in [-0.3, -0.25) is 0 Å². The van der Waals surface area contributed by atoms with E-state index in [9.17, 15) is 0 Å². The van der Waals surface area contributed by atoms with E-state index in [1.165, 1.54) is 11.1 Å². The van der Waals surface area contributed by atoms with Crippen LogP contribution in [-0.2, 0) is 11.8 Å². The Labute approximate surface area is 140 Å². The molecule has 1 nitrogen and oxygen atoms in total. The molecule has 0 bridgehead atoms. The third-order valence-corrected chi connectivity index (χ3v) is 4.56. The summed E-state index contributed by atoms with van der Waals surface area (Å²) < 4.78 is 0.966. The third-order valence-electron chi connectivity index (χ3n) is 3.64. The Hall–Kier alpha value is -0.830. The minimum atomic E-state index is -0.0443. The molecule has 0 aliphatic rings. The van der Waals surface area contributed by atoms with Crippen molar-refractivity contribution in [3.8, 4) is 0 Å². The largest absolute Gasteiger partial charge is 0.324 e. The third kappa shape index (κ3) is 4.32. The van der Waals surface area contributed by atoms with Gasteiger partial charge in [0.1, 0.15) is 0 Å². The molecule has 0 amide bonds. The molecule has 0 fully saturated rings. The van der Waals surface area contributed by atoms with Crippen molar-refractivity contribution >= 4 is 27.5 Å². The van der Waals surface area contributed by atoms with E-state index in [2.05, 4.69) is 61.0 Å². The van der Waals surface area contributed by atoms with Crippen molar-refractivity contribution in [3.63, 3.8) is 0 Å². The van der Waals surface area contributed by atoms with E-state index in [1.807, 2.05) is 18.2 Å². The first-order valence-corrected chi connectivity index (χ1v) is 8.24. The van der Waals surface area contributed by atoms with E-state index in [0.717, 1.165) is 16.5 Å². The molecule has 1 atom stereocenters. The second kappa shape index (κ2) is 6.51. The molecule has 0 saturated carbocycles. The second-order valence-electron chi connectivity index (χ2n) is 6.42. The predicted molar refractivity (Wildman–Crippen MR) is 94.9 cm³/mol. The van der Waals surface area contributed by atoms with Gasteiger partial charge in [0, 0.05) is 15.5 Å². The zero-order valence-electron chi connectivity index (χ0n) is 12.7. The summed E-state index contributed by atoms with van der Waals surface area (Å²) in [4.78, 5) is 0. The maximum atomic E-state index is 6.33. The molecule has 2 rings (SSSR count). The molecule has 2 aromatic rings. The van der Waals surface area contributed by atoms with Crippen LogP contribution in [0, 0.1) is 0 Å². The average molecular weight is 367 g/mol. The maximum Gasteiger partial charge on any atom is 0.0417 e. The lowest BCUT2D eigenvalue weighted by molar-refractivity contribution is 0.589. The van der Waals surface area contributed by atoms with Gasteiger partial charge in [-0.25, -0.2) is 0 Å². The highest BCUT2D eigenvalue weighted by molar-refractivity contribution is 9.10. The van der Waals surface area contributed by atoms with Gasteiger partial charge in [-0.1, -0.05) is 78.6 Å². The summed E-state index contributed by atoms with van der Waals surface area (Å²) in [7, 11) is 0. The summed E-state index contributed by atoms with van der Waals surface area (Å²) in [5.74, 6) is 0. The molecule has 3 heteroatoms. The summed E-state index contributed by atoms with van der Waals surface area (Å²) in [6.45, 7) is 6.66. The summed E-state index contributed by atoms with van der Waals surface area (Å²) in [5.41, 5.74) is 10.2. The Balaban J connectivity index is 2.14. The fourth-order valence-corrected chi connectivity index (χ4v) is 3.28. The van der Waals surface area contributed by atoms with Crippen molar-refractivity contribution in [2.75, 3.05) is 0 Å². The molecule has 0 spiro atoms. The van der Waals surface area contributed by atoms with Gasteiger partial charge >= 0.3 is 0 Å². The molecule has 0 aliphatic carbocycles. The number of nitrogens with two attached hydrogens (primary N) is 1. The van der Waals surface area contributed by atoms with E-state index in [4.69, 9.17) is 17.3 Å². The van der Waals surface area contributed by atoms with Crippen LogP contribution < -0.4 is 5.73 Å². The van der Waals surface area contributed by atoms with Crippen LogP contribution in [0.3, 0.4) is 0 Å². The van der Waals surface area contributed by atoms with Crippen LogP contribution in [0.15, 0.2) is 46.9 Å². The molecule has 0 radical (unpaired) electrons. The number of hydrogen-bond acceptors (Lipinski definition) is 1. The van der Waals surface area contributed by atoms with Crippen LogP contribution in [0.4, 0.5) is 0 Å². The number of benzene rings is 2. The Morgan fingerprint density at radius 1 is 1.10 bits per heavy atom. The quantitative estimate of drug-likeness (QED) is 0.747. The van der Waals surface area contributed by atoms with Crippen molar-refractivity contribution in [2.45, 2.75) is 38.6 Å². The van der Waals surface area contributed by atoms with Gasteiger partial charge in [-0.05, 0) is 40.7 Å². The standard InChI is InChI=1S/C18H21BrClN/c1-18(2,3)13-6-4-12(5-7-13)10-17(21)15-9-8-14(20)11-16(15)19/h4-9,11,17H,10,21H2,1-3H3. The lowest BCUT2D eigenvalue weighted by atomic mass is 9.86. The number of rotatable bonds is 3. The number of hydrogen-bond donors (Lipinski definition) is 1. The lowest BCUT2D eigenvalue weighted by Gasteiger charge is -2.20. The van der Waals surface area contributed by atoms with Crippen molar-refractivity contribution in [1.82, 2.24) is 0 Å². The van der Waals surface area contributed by atoms with Gasteiger partial charge < -0.3 is 5.73 Å².